The number of aryl methyl sites for hydroxylation is 2. The maximum atomic E-state index is 3.55. The summed E-state index contributed by atoms with van der Waals surface area (Å²) in [6.45, 7) is 2.19. The van der Waals surface area contributed by atoms with Crippen molar-refractivity contribution in [2.75, 3.05) is 0 Å². The lowest BCUT2D eigenvalue weighted by Gasteiger charge is -2.06. The van der Waals surface area contributed by atoms with Crippen LogP contribution in [0.15, 0.2) is 46.9 Å². The molecule has 1 heterocycles. The van der Waals surface area contributed by atoms with E-state index in [1.165, 1.54) is 27.4 Å². The summed E-state index contributed by atoms with van der Waals surface area (Å²) in [5.41, 5.74) is 3.89. The molecule has 0 radical (unpaired) electrons. The Hall–Kier alpha value is -1.41. The van der Waals surface area contributed by atoms with E-state index in [-0.39, 0.29) is 0 Å². The molecule has 3 rings (SSSR count). The Bertz CT molecular complexity index is 732. The van der Waals surface area contributed by atoms with Gasteiger partial charge < -0.3 is 0 Å². The van der Waals surface area contributed by atoms with Crippen LogP contribution >= 0.6 is 15.9 Å². The molecule has 0 atom stereocenters. The maximum absolute atomic E-state index is 3.55. The second-order valence-electron chi connectivity index (χ2n) is 4.36. The zero-order chi connectivity index (χ0) is 12.0. The van der Waals surface area contributed by atoms with Crippen LogP contribution in [0.2, 0.25) is 0 Å². The first-order valence-electron chi connectivity index (χ1n) is 5.65. The van der Waals surface area contributed by atoms with Gasteiger partial charge in [0.1, 0.15) is 7.05 Å². The summed E-state index contributed by atoms with van der Waals surface area (Å²) < 4.78 is 3.38. The van der Waals surface area contributed by atoms with Gasteiger partial charge in [0, 0.05) is 22.0 Å². The lowest BCUT2D eigenvalue weighted by molar-refractivity contribution is -0.617. The van der Waals surface area contributed by atoms with Crippen molar-refractivity contribution in [2.24, 2.45) is 7.05 Å². The molecule has 84 valence electrons. The molecule has 1 nitrogen and oxygen atoms in total. The summed E-state index contributed by atoms with van der Waals surface area (Å²) in [6.07, 6.45) is 0. The van der Waals surface area contributed by atoms with E-state index >= 15 is 0 Å². The first-order valence-corrected chi connectivity index (χ1v) is 6.44. The molecule has 0 saturated carbocycles. The van der Waals surface area contributed by atoms with Crippen LogP contribution in [0.4, 0.5) is 0 Å². The molecular weight excluding hydrogens is 274 g/mol. The first kappa shape index (κ1) is 10.7. The molecule has 0 bridgehead atoms. The molecule has 0 aliphatic heterocycles. The predicted octanol–water partition coefficient (Wildman–Crippen LogP) is 3.89. The minimum atomic E-state index is 1.13. The number of hydrogen-bond donors (Lipinski definition) is 0. The number of para-hydroxylation sites is 1. The van der Waals surface area contributed by atoms with Crippen molar-refractivity contribution < 1.29 is 4.57 Å². The highest BCUT2D eigenvalue weighted by atomic mass is 79.9. The predicted molar refractivity (Wildman–Crippen MR) is 75.1 cm³/mol. The Kier molecular flexibility index (Phi) is 2.40. The fourth-order valence-corrected chi connectivity index (χ4v) is 2.82. The number of rotatable bonds is 0. The van der Waals surface area contributed by atoms with Crippen molar-refractivity contribution >= 4 is 37.7 Å². The lowest BCUT2D eigenvalue weighted by Crippen LogP contribution is -2.30. The monoisotopic (exact) mass is 286 g/mol. The summed E-state index contributed by atoms with van der Waals surface area (Å²) in [7, 11) is 2.12. The summed E-state index contributed by atoms with van der Waals surface area (Å²) in [5.74, 6) is 0. The third-order valence-electron chi connectivity index (χ3n) is 3.39. The van der Waals surface area contributed by atoms with Gasteiger partial charge in [-0.3, -0.25) is 0 Å². The third kappa shape index (κ3) is 1.55. The van der Waals surface area contributed by atoms with Crippen LogP contribution < -0.4 is 4.57 Å². The van der Waals surface area contributed by atoms with Gasteiger partial charge in [-0.1, -0.05) is 28.1 Å². The SMILES string of the molecule is Cc1c2ccccc2[n+](C)c2ccc(Br)cc12. The van der Waals surface area contributed by atoms with Crippen LogP contribution in [0, 0.1) is 6.92 Å². The van der Waals surface area contributed by atoms with Gasteiger partial charge in [-0.15, -0.1) is 0 Å². The fourth-order valence-electron chi connectivity index (χ4n) is 2.46. The number of nitrogens with zero attached hydrogens (tertiary/aromatic N) is 1. The first-order chi connectivity index (χ1) is 8.18. The zero-order valence-electron chi connectivity index (χ0n) is 9.87. The van der Waals surface area contributed by atoms with E-state index in [9.17, 15) is 0 Å². The Morgan fingerprint density at radius 2 is 1.65 bits per heavy atom. The van der Waals surface area contributed by atoms with E-state index in [0.717, 1.165) is 4.47 Å². The average molecular weight is 287 g/mol. The summed E-state index contributed by atoms with van der Waals surface area (Å²) >= 11 is 3.55. The molecule has 2 heteroatoms. The van der Waals surface area contributed by atoms with Gasteiger partial charge in [-0.2, -0.15) is 4.57 Å². The molecule has 1 aromatic heterocycles. The van der Waals surface area contributed by atoms with Crippen LogP contribution in [0.3, 0.4) is 0 Å². The lowest BCUT2D eigenvalue weighted by atomic mass is 10.0. The van der Waals surface area contributed by atoms with Crippen LogP contribution in [0.5, 0.6) is 0 Å². The minimum absolute atomic E-state index is 1.13. The molecule has 0 fully saturated rings. The summed E-state index contributed by atoms with van der Waals surface area (Å²) in [5, 5.41) is 2.63. The Labute approximate surface area is 109 Å². The highest BCUT2D eigenvalue weighted by molar-refractivity contribution is 9.10. The third-order valence-corrected chi connectivity index (χ3v) is 3.89. The molecule has 0 saturated heterocycles. The molecule has 0 N–H and O–H groups in total. The van der Waals surface area contributed by atoms with E-state index < -0.39 is 0 Å². The van der Waals surface area contributed by atoms with E-state index in [1.807, 2.05) is 0 Å². The quantitative estimate of drug-likeness (QED) is 0.436. The van der Waals surface area contributed by atoms with Gasteiger partial charge >= 0.3 is 0 Å². The number of pyridine rings is 1. The standard InChI is InChI=1S/C15H13BrN/c1-10-12-5-3-4-6-14(12)17(2)15-8-7-11(16)9-13(10)15/h3-9H,1-2H3/q+1. The highest BCUT2D eigenvalue weighted by Crippen LogP contribution is 2.25. The van der Waals surface area contributed by atoms with Crippen LogP contribution in [0.25, 0.3) is 21.8 Å². The second kappa shape index (κ2) is 3.81. The number of benzene rings is 2. The molecular formula is C15H13BrN+. The molecule has 0 spiro atoms. The number of hydrogen-bond acceptors (Lipinski definition) is 0. The highest BCUT2D eigenvalue weighted by Gasteiger charge is 2.14. The van der Waals surface area contributed by atoms with Gasteiger partial charge in [-0.25, -0.2) is 0 Å². The number of halogens is 1. The molecule has 3 aromatic rings. The van der Waals surface area contributed by atoms with Crippen molar-refractivity contribution in [1.82, 2.24) is 0 Å². The van der Waals surface area contributed by atoms with Gasteiger partial charge in [0.15, 0.2) is 0 Å². The van der Waals surface area contributed by atoms with Crippen LogP contribution in [0.1, 0.15) is 5.56 Å². The summed E-state index contributed by atoms with van der Waals surface area (Å²) in [4.78, 5) is 0. The number of fused-ring (bicyclic) bond motifs is 2. The normalized spacial score (nSPS) is 11.2. The summed E-state index contributed by atoms with van der Waals surface area (Å²) in [6, 6.07) is 15.0. The van der Waals surface area contributed by atoms with Crippen molar-refractivity contribution in [3.05, 3.63) is 52.5 Å². The van der Waals surface area contributed by atoms with Crippen molar-refractivity contribution in [1.29, 1.82) is 0 Å². The Balaban J connectivity index is 2.63. The van der Waals surface area contributed by atoms with Crippen LogP contribution in [-0.2, 0) is 7.05 Å². The smallest absolute Gasteiger partial charge is 0.194 e. The molecule has 0 amide bonds. The Morgan fingerprint density at radius 1 is 0.941 bits per heavy atom. The molecule has 0 aliphatic carbocycles. The van der Waals surface area contributed by atoms with E-state index in [0.29, 0.717) is 0 Å². The largest absolute Gasteiger partial charge is 0.213 e. The molecule has 2 aromatic carbocycles. The minimum Gasteiger partial charge on any atom is -0.194 e. The van der Waals surface area contributed by atoms with Gasteiger partial charge in [-0.05, 0) is 30.7 Å². The van der Waals surface area contributed by atoms with Crippen molar-refractivity contribution in [3.8, 4) is 0 Å². The molecule has 0 unspecified atom stereocenters. The fraction of sp³-hybridized carbons (Fsp3) is 0.133. The van der Waals surface area contributed by atoms with E-state index in [2.05, 4.69) is 76.9 Å². The van der Waals surface area contributed by atoms with Crippen LogP contribution in [-0.4, -0.2) is 0 Å². The van der Waals surface area contributed by atoms with E-state index in [4.69, 9.17) is 0 Å². The van der Waals surface area contributed by atoms with Gasteiger partial charge in [0.2, 0.25) is 11.0 Å². The van der Waals surface area contributed by atoms with Gasteiger partial charge in [0.05, 0.1) is 5.39 Å². The topological polar surface area (TPSA) is 3.88 Å². The van der Waals surface area contributed by atoms with E-state index in [1.54, 1.807) is 0 Å². The Morgan fingerprint density at radius 3 is 2.47 bits per heavy atom. The second-order valence-corrected chi connectivity index (χ2v) is 5.28. The maximum Gasteiger partial charge on any atom is 0.213 e. The molecule has 17 heavy (non-hydrogen) atoms. The zero-order valence-corrected chi connectivity index (χ0v) is 11.5. The van der Waals surface area contributed by atoms with Gasteiger partial charge in [0.25, 0.3) is 0 Å². The van der Waals surface area contributed by atoms with Crippen molar-refractivity contribution in [3.63, 3.8) is 0 Å². The average Bonchev–Trinajstić information content (AvgIpc) is 2.36. The number of aromatic nitrogens is 1. The van der Waals surface area contributed by atoms with Crippen molar-refractivity contribution in [2.45, 2.75) is 6.92 Å². The molecule has 0 aliphatic rings.